The van der Waals surface area contributed by atoms with Crippen LogP contribution in [-0.4, -0.2) is 19.3 Å². The molecule has 0 bridgehead atoms. The van der Waals surface area contributed by atoms with Crippen LogP contribution in [0.3, 0.4) is 0 Å². The molecule has 12 rings (SSSR count). The van der Waals surface area contributed by atoms with Crippen LogP contribution in [0.2, 0.25) is 0 Å². The highest BCUT2D eigenvalue weighted by Crippen LogP contribution is 2.63. The lowest BCUT2D eigenvalue weighted by Gasteiger charge is -2.30. The summed E-state index contributed by atoms with van der Waals surface area (Å²) in [5, 5.41) is 11.2. The van der Waals surface area contributed by atoms with Crippen LogP contribution in [0.15, 0.2) is 176 Å². The molecule has 0 aliphatic heterocycles. The smallest absolute Gasteiger partial charge is 0.168 e. The Morgan fingerprint density at radius 2 is 1.00 bits per heavy atom. The average Bonchev–Trinajstić information content (AvgIpc) is 4.00. The number of para-hydroxylation sites is 1. The summed E-state index contributed by atoms with van der Waals surface area (Å²) in [5.41, 5.74) is 18.2. The van der Waals surface area contributed by atoms with Gasteiger partial charge in [-0.1, -0.05) is 146 Å². The van der Waals surface area contributed by atoms with E-state index in [1.807, 2.05) is 6.07 Å². The summed E-state index contributed by atoms with van der Waals surface area (Å²) < 4.78 is 4.68. The number of hydrogen-bond acceptors (Lipinski definition) is 2. The van der Waals surface area contributed by atoms with Crippen LogP contribution in [-0.2, 0) is 11.8 Å². The van der Waals surface area contributed by atoms with E-state index < -0.39 is 5.41 Å². The Bertz CT molecular complexity index is 2970. The fraction of sp³-hybridized carbons (Fsp3) is 0.0588. The Hall–Kier alpha value is -7.04. The molecule has 1 spiro atoms. The van der Waals surface area contributed by atoms with Crippen molar-refractivity contribution in [1.29, 1.82) is 0 Å². The zero-order chi connectivity index (χ0) is 36.1. The molecule has 258 valence electrons. The van der Waals surface area contributed by atoms with Crippen LogP contribution in [0.25, 0.3) is 73.4 Å². The number of allylic oxidation sites excluding steroid dienone is 1. The first kappa shape index (κ1) is 30.4. The molecular weight excluding hydrogens is 669 g/mol. The number of rotatable bonds is 4. The van der Waals surface area contributed by atoms with E-state index in [9.17, 15) is 0 Å². The van der Waals surface area contributed by atoms with Crippen LogP contribution in [0.4, 0.5) is 0 Å². The van der Waals surface area contributed by atoms with E-state index >= 15 is 0 Å². The third-order valence-corrected chi connectivity index (χ3v) is 12.2. The van der Waals surface area contributed by atoms with Gasteiger partial charge in [0.15, 0.2) is 11.6 Å². The van der Waals surface area contributed by atoms with Crippen molar-refractivity contribution in [3.05, 3.63) is 209 Å². The first-order chi connectivity index (χ1) is 27.3. The van der Waals surface area contributed by atoms with E-state index in [2.05, 4.69) is 185 Å². The molecule has 0 radical (unpaired) electrons. The lowest BCUT2D eigenvalue weighted by molar-refractivity contribution is 0.793. The first-order valence-electron chi connectivity index (χ1n) is 19.2. The van der Waals surface area contributed by atoms with Gasteiger partial charge in [-0.15, -0.1) is 10.2 Å². The molecule has 7 aromatic carbocycles. The molecule has 4 heteroatoms. The highest BCUT2D eigenvalue weighted by atomic mass is 15.3. The molecular formula is C51H34N4. The molecule has 4 nitrogen and oxygen atoms in total. The number of aromatic nitrogens is 4. The van der Waals surface area contributed by atoms with Crippen molar-refractivity contribution in [3.63, 3.8) is 0 Å². The molecule has 9 aromatic rings. The third-order valence-electron chi connectivity index (χ3n) is 12.2. The van der Waals surface area contributed by atoms with Crippen molar-refractivity contribution in [2.24, 2.45) is 0 Å². The lowest BCUT2D eigenvalue weighted by atomic mass is 9.70. The van der Waals surface area contributed by atoms with Gasteiger partial charge in [0.25, 0.3) is 0 Å². The largest absolute Gasteiger partial charge is 0.313 e. The molecule has 55 heavy (non-hydrogen) atoms. The summed E-state index contributed by atoms with van der Waals surface area (Å²) in [6.07, 6.45) is 6.67. The summed E-state index contributed by atoms with van der Waals surface area (Å²) >= 11 is 0. The van der Waals surface area contributed by atoms with E-state index in [0.29, 0.717) is 0 Å². The van der Waals surface area contributed by atoms with Gasteiger partial charge in [-0.05, 0) is 93.7 Å². The fourth-order valence-corrected chi connectivity index (χ4v) is 9.94. The molecule has 0 saturated carbocycles. The second-order valence-corrected chi connectivity index (χ2v) is 14.9. The highest BCUT2D eigenvalue weighted by Gasteiger charge is 2.51. The molecule has 0 atom stereocenters. The summed E-state index contributed by atoms with van der Waals surface area (Å²) in [7, 11) is 0. The predicted molar refractivity (Wildman–Crippen MR) is 223 cm³/mol. The maximum absolute atomic E-state index is 4.99. The van der Waals surface area contributed by atoms with Crippen LogP contribution < -0.4 is 0 Å². The number of nitrogens with zero attached hydrogens (tertiary/aromatic N) is 4. The lowest BCUT2D eigenvalue weighted by Crippen LogP contribution is -2.25. The second kappa shape index (κ2) is 11.5. The van der Waals surface area contributed by atoms with Crippen LogP contribution in [0, 0.1) is 0 Å². The molecule has 2 aromatic heterocycles. The molecule has 2 heterocycles. The SMILES string of the molecule is C1=Cc2c(n(-c3ccc(-n4c(-c5ccccc5)nnc4-c4ccc5c(c4)C4(c6ccccc6-c6ccccc64)c4ccccc4-5)cc3)c3ccccc23)CC1. The standard InChI is InChI=1S/C51H34N4/c1-2-14-33(15-3-1)49-52-53-50(55(49)36-29-27-35(28-30-36)54-47-24-12-7-19-41(47)42-20-8-13-25-48(42)54)34-26-31-40-39-18-6-11-23-45(39)51(46(40)32-34)43-21-9-4-16-37(43)38-17-5-10-22-44(38)51/h1-12,14-24,26-32H,13,25H2. The minimum atomic E-state index is -0.433. The molecule has 3 aliphatic carbocycles. The quantitative estimate of drug-likeness (QED) is 0.183. The Morgan fingerprint density at radius 3 is 1.67 bits per heavy atom. The van der Waals surface area contributed by atoms with E-state index in [1.54, 1.807) is 0 Å². The summed E-state index contributed by atoms with van der Waals surface area (Å²) in [5.74, 6) is 1.63. The van der Waals surface area contributed by atoms with E-state index in [1.165, 1.54) is 66.7 Å². The first-order valence-corrected chi connectivity index (χ1v) is 19.2. The molecule has 0 amide bonds. The maximum atomic E-state index is 4.99. The highest BCUT2D eigenvalue weighted by molar-refractivity contribution is 5.96. The number of benzene rings is 7. The monoisotopic (exact) mass is 702 g/mol. The van der Waals surface area contributed by atoms with Crippen molar-refractivity contribution >= 4 is 17.0 Å². The molecule has 0 fully saturated rings. The predicted octanol–water partition coefficient (Wildman–Crippen LogP) is 11.8. The fourth-order valence-electron chi connectivity index (χ4n) is 9.94. The minimum Gasteiger partial charge on any atom is -0.313 e. The maximum Gasteiger partial charge on any atom is 0.168 e. The zero-order valence-corrected chi connectivity index (χ0v) is 30.0. The van der Waals surface area contributed by atoms with E-state index in [4.69, 9.17) is 10.2 Å². The molecule has 0 unspecified atom stereocenters. The van der Waals surface area contributed by atoms with Gasteiger partial charge in [-0.25, -0.2) is 0 Å². The minimum absolute atomic E-state index is 0.433. The van der Waals surface area contributed by atoms with Crippen molar-refractivity contribution < 1.29 is 0 Å². The van der Waals surface area contributed by atoms with Crippen LogP contribution in [0.1, 0.15) is 39.9 Å². The van der Waals surface area contributed by atoms with Gasteiger partial charge >= 0.3 is 0 Å². The average molecular weight is 703 g/mol. The van der Waals surface area contributed by atoms with E-state index in [-0.39, 0.29) is 0 Å². The Kier molecular flexibility index (Phi) is 6.35. The van der Waals surface area contributed by atoms with Crippen molar-refractivity contribution in [2.75, 3.05) is 0 Å². The second-order valence-electron chi connectivity index (χ2n) is 14.9. The topological polar surface area (TPSA) is 35.6 Å². The van der Waals surface area contributed by atoms with Gasteiger partial charge in [0.1, 0.15) is 0 Å². The molecule has 0 saturated heterocycles. The van der Waals surface area contributed by atoms with Crippen molar-refractivity contribution in [3.8, 4) is 56.4 Å². The van der Waals surface area contributed by atoms with Crippen molar-refractivity contribution in [1.82, 2.24) is 19.3 Å². The van der Waals surface area contributed by atoms with Crippen LogP contribution >= 0.6 is 0 Å². The molecule has 0 N–H and O–H groups in total. The Morgan fingerprint density at radius 1 is 0.455 bits per heavy atom. The van der Waals surface area contributed by atoms with Gasteiger partial charge in [0, 0.05) is 39.1 Å². The normalized spacial score (nSPS) is 14.1. The number of fused-ring (bicyclic) bond motifs is 13. The summed E-state index contributed by atoms with van der Waals surface area (Å²) in [4.78, 5) is 0. The Labute approximate surface area is 319 Å². The summed E-state index contributed by atoms with van der Waals surface area (Å²) in [6, 6.07) is 61.9. The Balaban J connectivity index is 1.06. The summed E-state index contributed by atoms with van der Waals surface area (Å²) in [6.45, 7) is 0. The van der Waals surface area contributed by atoms with Gasteiger partial charge in [0.05, 0.1) is 10.9 Å². The van der Waals surface area contributed by atoms with E-state index in [0.717, 1.165) is 47.0 Å². The van der Waals surface area contributed by atoms with Crippen LogP contribution in [0.5, 0.6) is 0 Å². The van der Waals surface area contributed by atoms with Gasteiger partial charge in [0.2, 0.25) is 0 Å². The van der Waals surface area contributed by atoms with Crippen molar-refractivity contribution in [2.45, 2.75) is 18.3 Å². The molecule has 3 aliphatic rings. The van der Waals surface area contributed by atoms with Gasteiger partial charge in [-0.3, -0.25) is 4.57 Å². The zero-order valence-electron chi connectivity index (χ0n) is 30.0. The third kappa shape index (κ3) is 4.11. The van der Waals surface area contributed by atoms with Gasteiger partial charge in [-0.2, -0.15) is 0 Å². The van der Waals surface area contributed by atoms with Gasteiger partial charge < -0.3 is 4.57 Å². The number of hydrogen-bond donors (Lipinski definition) is 0.